The maximum absolute atomic E-state index is 14.0. The minimum Gasteiger partial charge on any atom is -0.493 e. The number of methoxy groups -OCH3 is 1. The number of guanidine groups is 1. The highest BCUT2D eigenvalue weighted by Gasteiger charge is 2.26. The zero-order valence-corrected chi connectivity index (χ0v) is 19.8. The van der Waals surface area contributed by atoms with Gasteiger partial charge in [-0.15, -0.1) is 24.0 Å². The quantitative estimate of drug-likeness (QED) is 0.327. The predicted octanol–water partition coefficient (Wildman–Crippen LogP) is 3.06. The Hall–Kier alpha value is -2.30. The van der Waals surface area contributed by atoms with Crippen molar-refractivity contribution in [2.75, 3.05) is 38.7 Å². The molecule has 0 bridgehead atoms. The van der Waals surface area contributed by atoms with Gasteiger partial charge in [-0.25, -0.2) is 9.37 Å². The molecule has 2 aromatic rings. The highest BCUT2D eigenvalue weighted by atomic mass is 127. The minimum atomic E-state index is -0.294. The lowest BCUT2D eigenvalue weighted by molar-refractivity contribution is 0.213. The normalized spacial score (nSPS) is 17.1. The first-order valence-electron chi connectivity index (χ1n) is 9.73. The van der Waals surface area contributed by atoms with Crippen LogP contribution in [0.25, 0.3) is 0 Å². The van der Waals surface area contributed by atoms with Gasteiger partial charge in [-0.05, 0) is 37.6 Å². The van der Waals surface area contributed by atoms with E-state index in [1.165, 1.54) is 6.07 Å². The third-order valence-corrected chi connectivity index (χ3v) is 4.75. The minimum absolute atomic E-state index is 0. The van der Waals surface area contributed by atoms with Crippen LogP contribution in [0.1, 0.15) is 13.3 Å². The van der Waals surface area contributed by atoms with E-state index in [0.717, 1.165) is 13.0 Å². The Morgan fingerprint density at radius 2 is 2.07 bits per heavy atom. The van der Waals surface area contributed by atoms with Gasteiger partial charge >= 0.3 is 0 Å². The average Bonchev–Trinajstić information content (AvgIpc) is 3.20. The molecular formula is C21H29FIN5O2. The molecule has 2 atom stereocenters. The number of benzene rings is 1. The van der Waals surface area contributed by atoms with Crippen molar-refractivity contribution in [2.45, 2.75) is 25.5 Å². The summed E-state index contributed by atoms with van der Waals surface area (Å²) < 4.78 is 25.2. The Bertz CT molecular complexity index is 839. The number of pyridine rings is 1. The summed E-state index contributed by atoms with van der Waals surface area (Å²) >= 11 is 0. The molecule has 2 N–H and O–H groups in total. The molecule has 2 heterocycles. The van der Waals surface area contributed by atoms with E-state index in [4.69, 9.17) is 9.47 Å². The molecule has 3 rings (SSSR count). The Morgan fingerprint density at radius 3 is 2.77 bits per heavy atom. The van der Waals surface area contributed by atoms with Gasteiger partial charge in [-0.2, -0.15) is 0 Å². The first kappa shape index (κ1) is 24.0. The summed E-state index contributed by atoms with van der Waals surface area (Å²) in [4.78, 5) is 10.4. The molecule has 1 aromatic heterocycles. The molecule has 30 heavy (non-hydrogen) atoms. The number of halogens is 2. The first-order valence-corrected chi connectivity index (χ1v) is 9.73. The lowest BCUT2D eigenvalue weighted by atomic mass is 10.3. The molecule has 1 saturated heterocycles. The molecule has 2 unspecified atom stereocenters. The van der Waals surface area contributed by atoms with Gasteiger partial charge < -0.3 is 25.0 Å². The number of anilines is 1. The largest absolute Gasteiger partial charge is 0.493 e. The fourth-order valence-corrected chi connectivity index (χ4v) is 3.28. The Morgan fingerprint density at radius 1 is 1.30 bits per heavy atom. The predicted molar refractivity (Wildman–Crippen MR) is 128 cm³/mol. The van der Waals surface area contributed by atoms with E-state index in [-0.39, 0.29) is 41.9 Å². The standard InChI is InChI=1S/C21H28FN5O2.HI/c1-15(29-19-9-5-4-8-18(19)28-3)13-25-21(23-2)26-16-10-12-27(14-16)20-17(22)7-6-11-24-20;/h4-9,11,15-16H,10,12-14H2,1-3H3,(H2,23,25,26);1H. The van der Waals surface area contributed by atoms with Gasteiger partial charge in [0.15, 0.2) is 29.1 Å². The zero-order valence-electron chi connectivity index (χ0n) is 17.5. The van der Waals surface area contributed by atoms with Crippen LogP contribution in [0, 0.1) is 5.82 Å². The molecule has 1 aliphatic heterocycles. The number of hydrogen-bond acceptors (Lipinski definition) is 5. The van der Waals surface area contributed by atoms with Gasteiger partial charge in [-0.3, -0.25) is 4.99 Å². The van der Waals surface area contributed by atoms with Crippen LogP contribution in [0.3, 0.4) is 0 Å². The second-order valence-corrected chi connectivity index (χ2v) is 6.92. The lowest BCUT2D eigenvalue weighted by Crippen LogP contribution is -2.47. The highest BCUT2D eigenvalue weighted by Crippen LogP contribution is 2.26. The number of nitrogens with one attached hydrogen (secondary N) is 2. The Labute approximate surface area is 194 Å². The van der Waals surface area contributed by atoms with Gasteiger partial charge in [0.25, 0.3) is 0 Å². The Kier molecular flexibility index (Phi) is 9.41. The van der Waals surface area contributed by atoms with Crippen LogP contribution in [0.4, 0.5) is 10.2 Å². The van der Waals surface area contributed by atoms with E-state index in [0.29, 0.717) is 36.4 Å². The summed E-state index contributed by atoms with van der Waals surface area (Å²) in [5.74, 6) is 2.20. The van der Waals surface area contributed by atoms with E-state index in [9.17, 15) is 4.39 Å². The van der Waals surface area contributed by atoms with Crippen molar-refractivity contribution in [2.24, 2.45) is 4.99 Å². The van der Waals surface area contributed by atoms with Crippen molar-refractivity contribution >= 4 is 35.8 Å². The topological polar surface area (TPSA) is 71.0 Å². The van der Waals surface area contributed by atoms with Crippen molar-refractivity contribution in [1.82, 2.24) is 15.6 Å². The molecule has 1 aromatic carbocycles. The Balaban J connectivity index is 0.00000320. The van der Waals surface area contributed by atoms with Crippen LogP contribution in [0.5, 0.6) is 11.5 Å². The van der Waals surface area contributed by atoms with E-state index < -0.39 is 0 Å². The molecule has 0 amide bonds. The van der Waals surface area contributed by atoms with E-state index in [1.807, 2.05) is 36.1 Å². The van der Waals surface area contributed by atoms with Crippen molar-refractivity contribution in [3.8, 4) is 11.5 Å². The van der Waals surface area contributed by atoms with Crippen LogP contribution in [-0.4, -0.2) is 56.9 Å². The maximum Gasteiger partial charge on any atom is 0.191 e. The van der Waals surface area contributed by atoms with Crippen molar-refractivity contribution in [3.05, 3.63) is 48.4 Å². The van der Waals surface area contributed by atoms with Crippen LogP contribution >= 0.6 is 24.0 Å². The number of aliphatic imine (C=N–C) groups is 1. The van der Waals surface area contributed by atoms with E-state index in [1.54, 1.807) is 26.4 Å². The third-order valence-electron chi connectivity index (χ3n) is 4.75. The van der Waals surface area contributed by atoms with E-state index >= 15 is 0 Å². The first-order chi connectivity index (χ1) is 14.1. The molecule has 1 aliphatic rings. The maximum atomic E-state index is 14.0. The second kappa shape index (κ2) is 11.8. The molecule has 0 aliphatic carbocycles. The summed E-state index contributed by atoms with van der Waals surface area (Å²) in [5, 5.41) is 6.68. The van der Waals surface area contributed by atoms with Crippen LogP contribution in [-0.2, 0) is 0 Å². The van der Waals surface area contributed by atoms with Gasteiger partial charge in [0.05, 0.1) is 13.7 Å². The van der Waals surface area contributed by atoms with Crippen molar-refractivity contribution < 1.29 is 13.9 Å². The van der Waals surface area contributed by atoms with Gasteiger partial charge in [0.1, 0.15) is 6.10 Å². The highest BCUT2D eigenvalue weighted by molar-refractivity contribution is 14.0. The summed E-state index contributed by atoms with van der Waals surface area (Å²) in [6.45, 7) is 3.97. The lowest BCUT2D eigenvalue weighted by Gasteiger charge is -2.21. The second-order valence-electron chi connectivity index (χ2n) is 6.92. The fraction of sp³-hybridized carbons (Fsp3) is 0.429. The number of aromatic nitrogens is 1. The van der Waals surface area contributed by atoms with Gasteiger partial charge in [0, 0.05) is 32.4 Å². The van der Waals surface area contributed by atoms with Crippen LogP contribution < -0.4 is 25.0 Å². The SMILES string of the molecule is CN=C(NCC(C)Oc1ccccc1OC)NC1CCN(c2ncccc2F)C1.I. The van der Waals surface area contributed by atoms with Crippen LogP contribution in [0.2, 0.25) is 0 Å². The molecular weight excluding hydrogens is 500 g/mol. The van der Waals surface area contributed by atoms with Gasteiger partial charge in [0.2, 0.25) is 0 Å². The zero-order chi connectivity index (χ0) is 20.6. The summed E-state index contributed by atoms with van der Waals surface area (Å²) in [6, 6.07) is 10.8. The molecule has 164 valence electrons. The average molecular weight is 529 g/mol. The third kappa shape index (κ3) is 6.35. The molecule has 0 spiro atoms. The molecule has 0 radical (unpaired) electrons. The summed E-state index contributed by atoms with van der Waals surface area (Å²) in [5.41, 5.74) is 0. The fourth-order valence-electron chi connectivity index (χ4n) is 3.28. The van der Waals surface area contributed by atoms with Gasteiger partial charge in [-0.1, -0.05) is 12.1 Å². The molecule has 7 nitrogen and oxygen atoms in total. The van der Waals surface area contributed by atoms with Crippen LogP contribution in [0.15, 0.2) is 47.6 Å². The number of hydrogen-bond donors (Lipinski definition) is 2. The van der Waals surface area contributed by atoms with E-state index in [2.05, 4.69) is 20.6 Å². The molecule has 1 fully saturated rings. The number of nitrogens with zero attached hydrogens (tertiary/aromatic N) is 3. The monoisotopic (exact) mass is 529 g/mol. The number of ether oxygens (including phenoxy) is 2. The molecule has 0 saturated carbocycles. The molecule has 9 heteroatoms. The number of rotatable bonds is 7. The number of para-hydroxylation sites is 2. The van der Waals surface area contributed by atoms with Crippen molar-refractivity contribution in [1.29, 1.82) is 0 Å². The smallest absolute Gasteiger partial charge is 0.191 e. The summed E-state index contributed by atoms with van der Waals surface area (Å²) in [6.07, 6.45) is 2.40. The van der Waals surface area contributed by atoms with Crippen molar-refractivity contribution in [3.63, 3.8) is 0 Å². The summed E-state index contributed by atoms with van der Waals surface area (Å²) in [7, 11) is 3.35.